The van der Waals surface area contributed by atoms with Crippen molar-refractivity contribution in [2.45, 2.75) is 0 Å². The number of hydrogen-bond acceptors (Lipinski definition) is 4. The predicted molar refractivity (Wildman–Crippen MR) is 70.4 cm³/mol. The number of carbonyl (C=O) groups is 1. The maximum atomic E-state index is 10.9. The van der Waals surface area contributed by atoms with Gasteiger partial charge in [0.25, 0.3) is 0 Å². The number of para-hydroxylation sites is 1. The molecule has 0 saturated heterocycles. The van der Waals surface area contributed by atoms with Crippen molar-refractivity contribution in [1.82, 2.24) is 4.98 Å². The first-order valence-electron chi connectivity index (χ1n) is 5.55. The topological polar surface area (TPSA) is 77.2 Å². The Hall–Kier alpha value is -2.87. The molecule has 2 aromatic rings. The van der Waals surface area contributed by atoms with E-state index in [0.717, 1.165) is 0 Å². The molecule has 2 rings (SSSR count). The molecule has 0 aliphatic heterocycles. The first-order valence-corrected chi connectivity index (χ1v) is 5.55. The number of aromatic nitrogens is 1. The zero-order chi connectivity index (χ0) is 13.8. The van der Waals surface area contributed by atoms with Crippen molar-refractivity contribution >= 4 is 17.5 Å². The van der Waals surface area contributed by atoms with Crippen molar-refractivity contribution in [3.63, 3.8) is 0 Å². The highest BCUT2D eigenvalue weighted by molar-refractivity contribution is 5.88. The Kier molecular flexibility index (Phi) is 3.44. The van der Waals surface area contributed by atoms with Gasteiger partial charge in [-0.25, -0.2) is 9.78 Å². The van der Waals surface area contributed by atoms with E-state index in [-0.39, 0.29) is 5.56 Å². The fourth-order valence-electron chi connectivity index (χ4n) is 1.72. The Bertz CT molecular complexity index is 662. The molecule has 0 radical (unpaired) electrons. The number of aromatic carboxylic acids is 1. The van der Waals surface area contributed by atoms with Gasteiger partial charge in [0.1, 0.15) is 11.9 Å². The van der Waals surface area contributed by atoms with Gasteiger partial charge in [0.05, 0.1) is 16.8 Å². The van der Waals surface area contributed by atoms with E-state index in [1.807, 2.05) is 6.07 Å². The molecular weight excluding hydrogens is 242 g/mol. The molecule has 1 N–H and O–H groups in total. The molecule has 0 fully saturated rings. The van der Waals surface area contributed by atoms with E-state index in [2.05, 4.69) is 11.1 Å². The average molecular weight is 253 g/mol. The third kappa shape index (κ3) is 2.53. The molecule has 0 spiro atoms. The highest BCUT2D eigenvalue weighted by atomic mass is 16.4. The van der Waals surface area contributed by atoms with Gasteiger partial charge in [-0.1, -0.05) is 12.1 Å². The summed E-state index contributed by atoms with van der Waals surface area (Å²) in [5.41, 5.74) is 1.35. The minimum atomic E-state index is -1.01. The van der Waals surface area contributed by atoms with Crippen LogP contribution < -0.4 is 4.90 Å². The predicted octanol–water partition coefficient (Wildman–Crippen LogP) is 2.42. The van der Waals surface area contributed by atoms with Gasteiger partial charge in [-0.2, -0.15) is 5.26 Å². The molecule has 94 valence electrons. The molecule has 0 bridgehead atoms. The second-order valence-electron chi connectivity index (χ2n) is 3.90. The average Bonchev–Trinajstić information content (AvgIpc) is 2.46. The van der Waals surface area contributed by atoms with Crippen LogP contribution in [-0.2, 0) is 0 Å². The van der Waals surface area contributed by atoms with Crippen LogP contribution in [0.25, 0.3) is 0 Å². The molecule has 1 heterocycles. The van der Waals surface area contributed by atoms with E-state index in [9.17, 15) is 4.79 Å². The first kappa shape index (κ1) is 12.6. The lowest BCUT2D eigenvalue weighted by atomic mass is 10.1. The van der Waals surface area contributed by atoms with Crippen molar-refractivity contribution in [3.8, 4) is 6.07 Å². The van der Waals surface area contributed by atoms with Crippen LogP contribution in [0, 0.1) is 11.3 Å². The van der Waals surface area contributed by atoms with Crippen LogP contribution in [0.15, 0.2) is 42.6 Å². The number of anilines is 2. The number of nitriles is 1. The first-order chi connectivity index (χ1) is 9.13. The van der Waals surface area contributed by atoms with Crippen LogP contribution in [0.4, 0.5) is 11.5 Å². The van der Waals surface area contributed by atoms with Crippen molar-refractivity contribution in [2.75, 3.05) is 11.9 Å². The number of hydrogen-bond donors (Lipinski definition) is 1. The summed E-state index contributed by atoms with van der Waals surface area (Å²) in [6.07, 6.45) is 1.43. The van der Waals surface area contributed by atoms with Crippen molar-refractivity contribution in [1.29, 1.82) is 5.26 Å². The SMILES string of the molecule is CN(c1cc(C(=O)O)ccn1)c1ccccc1C#N. The van der Waals surface area contributed by atoms with Gasteiger partial charge < -0.3 is 10.0 Å². The second kappa shape index (κ2) is 5.19. The van der Waals surface area contributed by atoms with Crippen LogP contribution in [0.5, 0.6) is 0 Å². The van der Waals surface area contributed by atoms with Crippen molar-refractivity contribution < 1.29 is 9.90 Å². The van der Waals surface area contributed by atoms with Crippen LogP contribution >= 0.6 is 0 Å². The van der Waals surface area contributed by atoms with E-state index in [1.165, 1.54) is 18.3 Å². The number of carboxylic acids is 1. The van der Waals surface area contributed by atoms with E-state index < -0.39 is 5.97 Å². The molecule has 5 nitrogen and oxygen atoms in total. The zero-order valence-corrected chi connectivity index (χ0v) is 10.2. The molecule has 0 amide bonds. The van der Waals surface area contributed by atoms with Gasteiger partial charge in [-0.15, -0.1) is 0 Å². The lowest BCUT2D eigenvalue weighted by Crippen LogP contribution is -2.13. The normalized spacial score (nSPS) is 9.68. The fraction of sp³-hybridized carbons (Fsp3) is 0.0714. The third-order valence-electron chi connectivity index (χ3n) is 2.72. The number of carboxylic acid groups (broad SMARTS) is 1. The maximum Gasteiger partial charge on any atom is 0.335 e. The summed E-state index contributed by atoms with van der Waals surface area (Å²) in [6, 6.07) is 12.1. The van der Waals surface area contributed by atoms with Gasteiger partial charge in [0.15, 0.2) is 0 Å². The summed E-state index contributed by atoms with van der Waals surface area (Å²) in [5, 5.41) is 18.0. The van der Waals surface area contributed by atoms with Gasteiger partial charge in [0.2, 0.25) is 0 Å². The Balaban J connectivity index is 2.44. The van der Waals surface area contributed by atoms with Crippen molar-refractivity contribution in [3.05, 3.63) is 53.7 Å². The monoisotopic (exact) mass is 253 g/mol. The molecular formula is C14H11N3O2. The van der Waals surface area contributed by atoms with Gasteiger partial charge in [-0.3, -0.25) is 0 Å². The minimum Gasteiger partial charge on any atom is -0.478 e. The number of benzene rings is 1. The largest absolute Gasteiger partial charge is 0.478 e. The van der Waals surface area contributed by atoms with Crippen LogP contribution in [0.3, 0.4) is 0 Å². The van der Waals surface area contributed by atoms with Crippen LogP contribution in [0.2, 0.25) is 0 Å². The summed E-state index contributed by atoms with van der Waals surface area (Å²) in [7, 11) is 1.74. The minimum absolute atomic E-state index is 0.159. The number of pyridine rings is 1. The zero-order valence-electron chi connectivity index (χ0n) is 10.2. The van der Waals surface area contributed by atoms with Gasteiger partial charge in [0, 0.05) is 13.2 Å². The van der Waals surface area contributed by atoms with E-state index in [1.54, 1.807) is 30.1 Å². The van der Waals surface area contributed by atoms with Crippen LogP contribution in [-0.4, -0.2) is 23.1 Å². The van der Waals surface area contributed by atoms with Gasteiger partial charge in [-0.05, 0) is 24.3 Å². The lowest BCUT2D eigenvalue weighted by Gasteiger charge is -2.19. The van der Waals surface area contributed by atoms with E-state index in [4.69, 9.17) is 10.4 Å². The quantitative estimate of drug-likeness (QED) is 0.908. The van der Waals surface area contributed by atoms with Crippen molar-refractivity contribution in [2.24, 2.45) is 0 Å². The summed E-state index contributed by atoms with van der Waals surface area (Å²) in [4.78, 5) is 16.7. The van der Waals surface area contributed by atoms with Crippen LogP contribution in [0.1, 0.15) is 15.9 Å². The maximum absolute atomic E-state index is 10.9. The van der Waals surface area contributed by atoms with E-state index in [0.29, 0.717) is 17.1 Å². The number of nitrogens with zero attached hydrogens (tertiary/aromatic N) is 3. The summed E-state index contributed by atoms with van der Waals surface area (Å²) >= 11 is 0. The van der Waals surface area contributed by atoms with Gasteiger partial charge >= 0.3 is 5.97 Å². The molecule has 0 aliphatic rings. The summed E-state index contributed by atoms with van der Waals surface area (Å²) in [5.74, 6) is -0.534. The Morgan fingerprint density at radius 1 is 1.37 bits per heavy atom. The Labute approximate surface area is 110 Å². The molecule has 0 unspecified atom stereocenters. The molecule has 19 heavy (non-hydrogen) atoms. The van der Waals surface area contributed by atoms with E-state index >= 15 is 0 Å². The molecule has 0 aliphatic carbocycles. The third-order valence-corrected chi connectivity index (χ3v) is 2.72. The second-order valence-corrected chi connectivity index (χ2v) is 3.90. The lowest BCUT2D eigenvalue weighted by molar-refractivity contribution is 0.0697. The smallest absolute Gasteiger partial charge is 0.335 e. The molecule has 0 atom stereocenters. The highest BCUT2D eigenvalue weighted by Gasteiger charge is 2.11. The summed E-state index contributed by atoms with van der Waals surface area (Å²) in [6.45, 7) is 0. The summed E-state index contributed by atoms with van der Waals surface area (Å²) < 4.78 is 0. The highest BCUT2D eigenvalue weighted by Crippen LogP contribution is 2.25. The molecule has 1 aromatic heterocycles. The fourth-order valence-corrected chi connectivity index (χ4v) is 1.72. The molecule has 1 aromatic carbocycles. The molecule has 0 saturated carbocycles. The Morgan fingerprint density at radius 2 is 2.11 bits per heavy atom. The standard InChI is InChI=1S/C14H11N3O2/c1-17(12-5-3-2-4-11(12)9-15)13-8-10(14(18)19)6-7-16-13/h2-8H,1H3,(H,18,19). The molecule has 5 heteroatoms. The Morgan fingerprint density at radius 3 is 2.79 bits per heavy atom. The number of rotatable bonds is 3.